The Morgan fingerprint density at radius 2 is 2.10 bits per heavy atom. The fourth-order valence-corrected chi connectivity index (χ4v) is 2.62. The maximum Gasteiger partial charge on any atom is 0.312 e. The van der Waals surface area contributed by atoms with Gasteiger partial charge in [0, 0.05) is 6.61 Å². The van der Waals surface area contributed by atoms with Crippen molar-refractivity contribution >= 4 is 5.97 Å². The summed E-state index contributed by atoms with van der Waals surface area (Å²) in [5.74, 6) is 0.453. The molecule has 1 aliphatic rings. The molecule has 1 aliphatic heterocycles. The second kappa shape index (κ2) is 6.13. The first-order valence-corrected chi connectivity index (χ1v) is 6.63. The van der Waals surface area contributed by atoms with Gasteiger partial charge in [-0.25, -0.2) is 0 Å². The standard InChI is InChI=1S/C15H20O5/c1-18-12-5-4-11(8-13(12)19-2)9-15(14(16)17)6-3-7-20-10-15/h4-5,8H,3,6-7,9-10H2,1-2H3,(H,16,17). The largest absolute Gasteiger partial charge is 0.493 e. The van der Waals surface area contributed by atoms with E-state index in [-0.39, 0.29) is 6.61 Å². The van der Waals surface area contributed by atoms with Crippen LogP contribution in [0.5, 0.6) is 11.5 Å². The summed E-state index contributed by atoms with van der Waals surface area (Å²) in [6.45, 7) is 0.900. The van der Waals surface area contributed by atoms with Crippen LogP contribution in [0.2, 0.25) is 0 Å². The molecular formula is C15H20O5. The second-order valence-corrected chi connectivity index (χ2v) is 5.11. The van der Waals surface area contributed by atoms with Crippen LogP contribution >= 0.6 is 0 Å². The highest BCUT2D eigenvalue weighted by molar-refractivity contribution is 5.75. The predicted molar refractivity (Wildman–Crippen MR) is 73.4 cm³/mol. The number of hydrogen-bond donors (Lipinski definition) is 1. The van der Waals surface area contributed by atoms with E-state index in [9.17, 15) is 9.90 Å². The van der Waals surface area contributed by atoms with Crippen molar-refractivity contribution in [2.45, 2.75) is 19.3 Å². The van der Waals surface area contributed by atoms with Crippen LogP contribution in [0.15, 0.2) is 18.2 Å². The minimum atomic E-state index is -0.835. The Bertz CT molecular complexity index is 477. The third-order valence-corrected chi connectivity index (χ3v) is 3.77. The van der Waals surface area contributed by atoms with E-state index in [2.05, 4.69) is 0 Å². The molecule has 0 spiro atoms. The first-order valence-electron chi connectivity index (χ1n) is 6.63. The molecule has 0 aromatic heterocycles. The van der Waals surface area contributed by atoms with E-state index >= 15 is 0 Å². The molecule has 1 aromatic rings. The molecule has 1 N–H and O–H groups in total. The van der Waals surface area contributed by atoms with Gasteiger partial charge in [0.15, 0.2) is 11.5 Å². The third kappa shape index (κ3) is 2.88. The SMILES string of the molecule is COc1ccc(CC2(C(=O)O)CCCOC2)cc1OC. The van der Waals surface area contributed by atoms with Crippen LogP contribution in [0.3, 0.4) is 0 Å². The van der Waals surface area contributed by atoms with Crippen molar-refractivity contribution in [1.82, 2.24) is 0 Å². The van der Waals surface area contributed by atoms with Crippen LogP contribution in [0.25, 0.3) is 0 Å². The number of methoxy groups -OCH3 is 2. The molecule has 1 aromatic carbocycles. The highest BCUT2D eigenvalue weighted by Crippen LogP contribution is 2.35. The number of hydrogen-bond acceptors (Lipinski definition) is 4. The van der Waals surface area contributed by atoms with Crippen LogP contribution in [0.4, 0.5) is 0 Å². The molecule has 0 amide bonds. The first-order chi connectivity index (χ1) is 9.61. The van der Waals surface area contributed by atoms with E-state index < -0.39 is 11.4 Å². The first kappa shape index (κ1) is 14.7. The summed E-state index contributed by atoms with van der Waals surface area (Å²) in [4.78, 5) is 11.6. The van der Waals surface area contributed by atoms with Crippen molar-refractivity contribution < 1.29 is 24.1 Å². The van der Waals surface area contributed by atoms with Gasteiger partial charge in [0.1, 0.15) is 0 Å². The minimum Gasteiger partial charge on any atom is -0.493 e. The maximum atomic E-state index is 11.6. The highest BCUT2D eigenvalue weighted by atomic mass is 16.5. The lowest BCUT2D eigenvalue weighted by atomic mass is 9.77. The molecule has 5 nitrogen and oxygen atoms in total. The molecule has 110 valence electrons. The van der Waals surface area contributed by atoms with Crippen LogP contribution in [-0.4, -0.2) is 38.5 Å². The van der Waals surface area contributed by atoms with Gasteiger partial charge in [-0.1, -0.05) is 6.07 Å². The monoisotopic (exact) mass is 280 g/mol. The molecule has 0 bridgehead atoms. The van der Waals surface area contributed by atoms with Gasteiger partial charge in [0.2, 0.25) is 0 Å². The highest BCUT2D eigenvalue weighted by Gasteiger charge is 2.40. The molecule has 0 aliphatic carbocycles. The topological polar surface area (TPSA) is 65.0 Å². The predicted octanol–water partition coefficient (Wildman–Crippen LogP) is 2.13. The van der Waals surface area contributed by atoms with Crippen molar-refractivity contribution in [2.24, 2.45) is 5.41 Å². The van der Waals surface area contributed by atoms with Gasteiger partial charge in [-0.3, -0.25) is 4.79 Å². The maximum absolute atomic E-state index is 11.6. The van der Waals surface area contributed by atoms with E-state index in [1.165, 1.54) is 0 Å². The summed E-state index contributed by atoms with van der Waals surface area (Å²) in [7, 11) is 3.14. The fraction of sp³-hybridized carbons (Fsp3) is 0.533. The minimum absolute atomic E-state index is 0.261. The molecule has 0 radical (unpaired) electrons. The molecule has 20 heavy (non-hydrogen) atoms. The number of carbonyl (C=O) groups is 1. The van der Waals surface area contributed by atoms with E-state index in [4.69, 9.17) is 14.2 Å². The number of carboxylic acids is 1. The Morgan fingerprint density at radius 1 is 1.35 bits per heavy atom. The normalized spacial score (nSPS) is 22.3. The van der Waals surface area contributed by atoms with Crippen LogP contribution in [0.1, 0.15) is 18.4 Å². The van der Waals surface area contributed by atoms with Gasteiger partial charge >= 0.3 is 5.97 Å². The van der Waals surface area contributed by atoms with Gasteiger partial charge in [-0.2, -0.15) is 0 Å². The van der Waals surface area contributed by atoms with Gasteiger partial charge in [0.05, 0.1) is 26.2 Å². The number of rotatable bonds is 5. The van der Waals surface area contributed by atoms with Crippen molar-refractivity contribution in [3.05, 3.63) is 23.8 Å². The molecule has 2 rings (SSSR count). The van der Waals surface area contributed by atoms with Crippen molar-refractivity contribution in [1.29, 1.82) is 0 Å². The molecule has 1 heterocycles. The zero-order chi connectivity index (χ0) is 14.6. The lowest BCUT2D eigenvalue weighted by molar-refractivity contribution is -0.157. The van der Waals surface area contributed by atoms with Gasteiger partial charge in [-0.05, 0) is 37.0 Å². The zero-order valence-electron chi connectivity index (χ0n) is 11.8. The molecule has 1 unspecified atom stereocenters. The Labute approximate surface area is 118 Å². The van der Waals surface area contributed by atoms with Crippen molar-refractivity contribution in [2.75, 3.05) is 27.4 Å². The van der Waals surface area contributed by atoms with Crippen LogP contribution in [0, 0.1) is 5.41 Å². The zero-order valence-corrected chi connectivity index (χ0v) is 11.8. The lowest BCUT2D eigenvalue weighted by Crippen LogP contribution is -2.41. The summed E-state index contributed by atoms with van der Waals surface area (Å²) >= 11 is 0. The average Bonchev–Trinajstić information content (AvgIpc) is 2.48. The second-order valence-electron chi connectivity index (χ2n) is 5.11. The quantitative estimate of drug-likeness (QED) is 0.895. The molecule has 0 saturated carbocycles. The molecule has 1 saturated heterocycles. The Kier molecular flexibility index (Phi) is 4.49. The van der Waals surface area contributed by atoms with Crippen LogP contribution in [-0.2, 0) is 16.0 Å². The molecule has 1 fully saturated rings. The molecule has 1 atom stereocenters. The van der Waals surface area contributed by atoms with E-state index in [1.54, 1.807) is 20.3 Å². The Morgan fingerprint density at radius 3 is 2.65 bits per heavy atom. The van der Waals surface area contributed by atoms with Gasteiger partial charge < -0.3 is 19.3 Å². The Hall–Kier alpha value is -1.75. The molecular weight excluding hydrogens is 260 g/mol. The fourth-order valence-electron chi connectivity index (χ4n) is 2.62. The molecule has 5 heteroatoms. The van der Waals surface area contributed by atoms with Gasteiger partial charge in [-0.15, -0.1) is 0 Å². The number of aliphatic carboxylic acids is 1. The van der Waals surface area contributed by atoms with Gasteiger partial charge in [0.25, 0.3) is 0 Å². The van der Waals surface area contributed by atoms with E-state index in [0.717, 1.165) is 12.0 Å². The summed E-state index contributed by atoms with van der Waals surface area (Å²) < 4.78 is 15.8. The summed E-state index contributed by atoms with van der Waals surface area (Å²) in [5.41, 5.74) is 0.0771. The summed E-state index contributed by atoms with van der Waals surface area (Å²) in [6, 6.07) is 5.51. The number of benzene rings is 1. The summed E-state index contributed by atoms with van der Waals surface area (Å²) in [6.07, 6.45) is 1.85. The number of ether oxygens (including phenoxy) is 3. The van der Waals surface area contributed by atoms with Crippen LogP contribution < -0.4 is 9.47 Å². The average molecular weight is 280 g/mol. The summed E-state index contributed by atoms with van der Waals surface area (Å²) in [5, 5.41) is 9.54. The Balaban J connectivity index is 2.25. The van der Waals surface area contributed by atoms with E-state index in [0.29, 0.717) is 30.9 Å². The lowest BCUT2D eigenvalue weighted by Gasteiger charge is -2.33. The van der Waals surface area contributed by atoms with Crippen molar-refractivity contribution in [3.63, 3.8) is 0 Å². The van der Waals surface area contributed by atoms with E-state index in [1.807, 2.05) is 12.1 Å². The smallest absolute Gasteiger partial charge is 0.312 e. The number of carboxylic acid groups (broad SMARTS) is 1. The third-order valence-electron chi connectivity index (χ3n) is 3.77. The van der Waals surface area contributed by atoms with Crippen molar-refractivity contribution in [3.8, 4) is 11.5 Å².